The second kappa shape index (κ2) is 6.42. The number of benzene rings is 1. The Hall–Kier alpha value is -1.33. The largest absolute Gasteiger partial charge is 0.350 e. The van der Waals surface area contributed by atoms with Gasteiger partial charge in [0.25, 0.3) is 0 Å². The Labute approximate surface area is 143 Å². The van der Waals surface area contributed by atoms with Gasteiger partial charge in [0.15, 0.2) is 0 Å². The molecule has 0 radical (unpaired) electrons. The number of hydrogen-bond donors (Lipinski definition) is 1. The molecule has 22 heavy (non-hydrogen) atoms. The Kier molecular flexibility index (Phi) is 4.54. The summed E-state index contributed by atoms with van der Waals surface area (Å²) in [6.07, 6.45) is 2.67. The molecule has 0 aliphatic heterocycles. The van der Waals surface area contributed by atoms with E-state index in [4.69, 9.17) is 11.6 Å². The van der Waals surface area contributed by atoms with Crippen LogP contribution in [0.1, 0.15) is 30.5 Å². The first-order valence-corrected chi connectivity index (χ1v) is 8.50. The lowest BCUT2D eigenvalue weighted by Gasteiger charge is -2.08. The Morgan fingerprint density at radius 1 is 1.45 bits per heavy atom. The zero-order valence-electron chi connectivity index (χ0n) is 12.2. The van der Waals surface area contributed by atoms with Crippen molar-refractivity contribution in [3.63, 3.8) is 0 Å². The molecule has 1 saturated carbocycles. The van der Waals surface area contributed by atoms with Gasteiger partial charge in [0.05, 0.1) is 22.9 Å². The van der Waals surface area contributed by atoms with Gasteiger partial charge in [-0.25, -0.2) is 0 Å². The summed E-state index contributed by atoms with van der Waals surface area (Å²) >= 11 is 9.36. The molecule has 0 saturated heterocycles. The van der Waals surface area contributed by atoms with Crippen molar-refractivity contribution in [3.8, 4) is 0 Å². The van der Waals surface area contributed by atoms with Crippen LogP contribution in [0.2, 0.25) is 5.02 Å². The van der Waals surface area contributed by atoms with Crippen LogP contribution < -0.4 is 5.32 Å². The van der Waals surface area contributed by atoms with Crippen LogP contribution in [0.4, 0.5) is 0 Å². The van der Waals surface area contributed by atoms with Crippen molar-refractivity contribution in [2.75, 3.05) is 0 Å². The topological polar surface area (TPSA) is 46.9 Å². The van der Waals surface area contributed by atoms with Gasteiger partial charge in [-0.05, 0) is 52.9 Å². The summed E-state index contributed by atoms with van der Waals surface area (Å²) in [7, 11) is 0. The third kappa shape index (κ3) is 3.20. The van der Waals surface area contributed by atoms with Crippen LogP contribution in [0.3, 0.4) is 0 Å². The Balaban J connectivity index is 1.58. The van der Waals surface area contributed by atoms with Crippen LogP contribution >= 0.6 is 27.5 Å². The maximum absolute atomic E-state index is 12.3. The predicted octanol–water partition coefficient (Wildman–Crippen LogP) is 3.74. The molecule has 2 unspecified atom stereocenters. The minimum atomic E-state index is 0.0675. The number of hydrogen-bond acceptors (Lipinski definition) is 2. The molecular formula is C16H17BrClN3O. The van der Waals surface area contributed by atoms with Crippen molar-refractivity contribution in [3.05, 3.63) is 51.2 Å². The molecule has 1 amide bonds. The summed E-state index contributed by atoms with van der Waals surface area (Å²) in [6, 6.07) is 7.76. The summed E-state index contributed by atoms with van der Waals surface area (Å²) in [6.45, 7) is 3.31. The highest BCUT2D eigenvalue weighted by atomic mass is 79.9. The number of aryl methyl sites for hydroxylation is 1. The van der Waals surface area contributed by atoms with Gasteiger partial charge >= 0.3 is 0 Å². The van der Waals surface area contributed by atoms with E-state index in [0.717, 1.165) is 28.2 Å². The first-order valence-electron chi connectivity index (χ1n) is 7.33. The standard InChI is InChI=1S/C16H17BrClN3O/c1-2-21-15(14(17)8-20-21)9-19-16(22)13-7-12(13)10-3-5-11(18)6-4-10/h3-6,8,12-13H,2,7,9H2,1H3,(H,19,22). The van der Waals surface area contributed by atoms with E-state index in [0.29, 0.717) is 12.5 Å². The van der Waals surface area contributed by atoms with Gasteiger partial charge in [-0.3, -0.25) is 9.48 Å². The van der Waals surface area contributed by atoms with Crippen molar-refractivity contribution in [1.29, 1.82) is 0 Å². The van der Waals surface area contributed by atoms with E-state index in [1.54, 1.807) is 6.20 Å². The van der Waals surface area contributed by atoms with E-state index in [9.17, 15) is 4.79 Å². The highest BCUT2D eigenvalue weighted by Crippen LogP contribution is 2.47. The van der Waals surface area contributed by atoms with Gasteiger partial charge in [-0.15, -0.1) is 0 Å². The number of amides is 1. The number of halogens is 2. The molecule has 2 aromatic rings. The third-order valence-electron chi connectivity index (χ3n) is 4.05. The molecule has 1 aromatic heterocycles. The fraction of sp³-hybridized carbons (Fsp3) is 0.375. The Bertz CT molecular complexity index is 683. The number of nitrogens with one attached hydrogen (secondary N) is 1. The van der Waals surface area contributed by atoms with Crippen molar-refractivity contribution in [1.82, 2.24) is 15.1 Å². The third-order valence-corrected chi connectivity index (χ3v) is 4.97. The number of aromatic nitrogens is 2. The maximum atomic E-state index is 12.3. The van der Waals surface area contributed by atoms with Gasteiger partial charge in [0.2, 0.25) is 5.91 Å². The molecule has 116 valence electrons. The molecule has 1 aliphatic rings. The van der Waals surface area contributed by atoms with Gasteiger partial charge < -0.3 is 5.32 Å². The van der Waals surface area contributed by atoms with Crippen LogP contribution in [0.25, 0.3) is 0 Å². The smallest absolute Gasteiger partial charge is 0.224 e. The summed E-state index contributed by atoms with van der Waals surface area (Å²) < 4.78 is 2.81. The van der Waals surface area contributed by atoms with Crippen LogP contribution in [0, 0.1) is 5.92 Å². The predicted molar refractivity (Wildman–Crippen MR) is 89.7 cm³/mol. The van der Waals surface area contributed by atoms with E-state index < -0.39 is 0 Å². The first-order chi connectivity index (χ1) is 10.6. The molecule has 6 heteroatoms. The number of rotatable bonds is 5. The van der Waals surface area contributed by atoms with Gasteiger partial charge in [0, 0.05) is 17.5 Å². The lowest BCUT2D eigenvalue weighted by atomic mass is 10.1. The molecule has 4 nitrogen and oxygen atoms in total. The minimum absolute atomic E-state index is 0.0675. The van der Waals surface area contributed by atoms with Crippen molar-refractivity contribution >= 4 is 33.4 Å². The highest BCUT2D eigenvalue weighted by molar-refractivity contribution is 9.10. The van der Waals surface area contributed by atoms with Crippen LogP contribution in [0.5, 0.6) is 0 Å². The van der Waals surface area contributed by atoms with Gasteiger partial charge in [-0.1, -0.05) is 23.7 Å². The van der Waals surface area contributed by atoms with Crippen molar-refractivity contribution in [2.45, 2.75) is 32.4 Å². The van der Waals surface area contributed by atoms with E-state index in [2.05, 4.69) is 26.3 Å². The molecule has 1 aromatic carbocycles. The molecule has 0 spiro atoms. The van der Waals surface area contributed by atoms with Crippen LogP contribution in [-0.2, 0) is 17.9 Å². The molecule has 0 bridgehead atoms. The molecule has 2 atom stereocenters. The Morgan fingerprint density at radius 2 is 2.18 bits per heavy atom. The summed E-state index contributed by atoms with van der Waals surface area (Å²) in [4.78, 5) is 12.3. The molecule has 1 heterocycles. The lowest BCUT2D eigenvalue weighted by Crippen LogP contribution is -2.26. The second-order valence-corrected chi connectivity index (χ2v) is 6.76. The Morgan fingerprint density at radius 3 is 2.86 bits per heavy atom. The monoisotopic (exact) mass is 381 g/mol. The van der Waals surface area contributed by atoms with Gasteiger partial charge in [0.1, 0.15) is 0 Å². The minimum Gasteiger partial charge on any atom is -0.350 e. The fourth-order valence-electron chi connectivity index (χ4n) is 2.70. The van der Waals surface area contributed by atoms with Crippen LogP contribution in [-0.4, -0.2) is 15.7 Å². The zero-order chi connectivity index (χ0) is 15.7. The number of carbonyl (C=O) groups excluding carboxylic acids is 1. The highest BCUT2D eigenvalue weighted by Gasteiger charge is 2.43. The molecule has 1 fully saturated rings. The van der Waals surface area contributed by atoms with E-state index in [1.165, 1.54) is 5.56 Å². The normalized spacial score (nSPS) is 20.0. The molecule has 1 aliphatic carbocycles. The summed E-state index contributed by atoms with van der Waals surface area (Å²) in [5.41, 5.74) is 2.18. The zero-order valence-corrected chi connectivity index (χ0v) is 14.6. The van der Waals surface area contributed by atoms with Crippen molar-refractivity contribution in [2.24, 2.45) is 5.92 Å². The van der Waals surface area contributed by atoms with Crippen LogP contribution in [0.15, 0.2) is 34.9 Å². The van der Waals surface area contributed by atoms with Crippen molar-refractivity contribution < 1.29 is 4.79 Å². The second-order valence-electron chi connectivity index (χ2n) is 5.47. The first kappa shape index (κ1) is 15.6. The molecule has 1 N–H and O–H groups in total. The summed E-state index contributed by atoms with van der Waals surface area (Å²) in [5.74, 6) is 0.491. The summed E-state index contributed by atoms with van der Waals surface area (Å²) in [5, 5.41) is 7.99. The maximum Gasteiger partial charge on any atom is 0.224 e. The van der Waals surface area contributed by atoms with E-state index in [1.807, 2.05) is 35.9 Å². The molecular weight excluding hydrogens is 366 g/mol. The number of carbonyl (C=O) groups is 1. The quantitative estimate of drug-likeness (QED) is 0.856. The van der Waals surface area contributed by atoms with E-state index in [-0.39, 0.29) is 11.8 Å². The SMILES string of the molecule is CCn1ncc(Br)c1CNC(=O)C1CC1c1ccc(Cl)cc1. The fourth-order valence-corrected chi connectivity index (χ4v) is 3.26. The average Bonchev–Trinajstić information content (AvgIpc) is 3.23. The van der Waals surface area contributed by atoms with E-state index >= 15 is 0 Å². The lowest BCUT2D eigenvalue weighted by molar-refractivity contribution is -0.122. The number of nitrogens with zero attached hydrogens (tertiary/aromatic N) is 2. The van der Waals surface area contributed by atoms with Gasteiger partial charge in [-0.2, -0.15) is 5.10 Å². The average molecular weight is 383 g/mol. The molecule has 3 rings (SSSR count).